The first-order valence-corrected chi connectivity index (χ1v) is 7.19. The van der Waals surface area contributed by atoms with Crippen LogP contribution in [0.1, 0.15) is 31.2 Å². The number of nitrogens with zero attached hydrogens (tertiary/aromatic N) is 1. The Hall–Kier alpha value is -1.66. The van der Waals surface area contributed by atoms with Crippen LogP contribution < -0.4 is 5.32 Å². The molecule has 2 rings (SSSR count). The molecule has 0 bridgehead atoms. The molecule has 6 heteroatoms. The van der Waals surface area contributed by atoms with Gasteiger partial charge < -0.3 is 14.8 Å². The van der Waals surface area contributed by atoms with Crippen molar-refractivity contribution in [3.63, 3.8) is 0 Å². The van der Waals surface area contributed by atoms with Crippen molar-refractivity contribution < 1.29 is 14.4 Å². The molecular weight excluding hydrogens is 272 g/mol. The van der Waals surface area contributed by atoms with Crippen LogP contribution >= 0.6 is 0 Å². The van der Waals surface area contributed by atoms with E-state index in [4.69, 9.17) is 9.47 Å². The fraction of sp³-hybridized carbons (Fsp3) is 0.600. The maximum Gasteiger partial charge on any atom is 0.269 e. The number of hydrogen-bond donors (Lipinski definition) is 1. The second-order valence-corrected chi connectivity index (χ2v) is 5.40. The fourth-order valence-corrected chi connectivity index (χ4v) is 2.82. The van der Waals surface area contributed by atoms with Crippen LogP contribution in [0, 0.1) is 10.1 Å². The molecule has 0 saturated heterocycles. The third-order valence-electron chi connectivity index (χ3n) is 3.92. The van der Waals surface area contributed by atoms with E-state index in [0.717, 1.165) is 36.9 Å². The molecule has 1 saturated carbocycles. The van der Waals surface area contributed by atoms with Crippen LogP contribution in [0.15, 0.2) is 18.2 Å². The van der Waals surface area contributed by atoms with Gasteiger partial charge in [0.15, 0.2) is 0 Å². The van der Waals surface area contributed by atoms with Gasteiger partial charge in [-0.15, -0.1) is 0 Å². The number of nitro benzene ring substituents is 1. The van der Waals surface area contributed by atoms with Crippen LogP contribution in [0.4, 0.5) is 11.4 Å². The lowest BCUT2D eigenvalue weighted by Gasteiger charge is -2.30. The van der Waals surface area contributed by atoms with Crippen LogP contribution in [0.25, 0.3) is 0 Å². The van der Waals surface area contributed by atoms with E-state index in [9.17, 15) is 10.1 Å². The Balaban J connectivity index is 2.12. The maximum atomic E-state index is 10.9. The van der Waals surface area contributed by atoms with E-state index in [1.807, 2.05) is 0 Å². The van der Waals surface area contributed by atoms with Gasteiger partial charge in [-0.1, -0.05) is 0 Å². The van der Waals surface area contributed by atoms with E-state index in [0.29, 0.717) is 18.8 Å². The van der Waals surface area contributed by atoms with Crippen LogP contribution in [-0.2, 0) is 16.1 Å². The Kier molecular flexibility index (Phi) is 5.52. The maximum absolute atomic E-state index is 10.9. The minimum Gasteiger partial charge on any atom is -0.382 e. The number of ether oxygens (including phenoxy) is 2. The lowest BCUT2D eigenvalue weighted by atomic mass is 9.92. The molecule has 1 aliphatic rings. The van der Waals surface area contributed by atoms with Crippen LogP contribution in [0.3, 0.4) is 0 Å². The molecule has 1 aliphatic carbocycles. The van der Waals surface area contributed by atoms with Crippen molar-refractivity contribution in [1.29, 1.82) is 0 Å². The molecule has 1 aromatic rings. The van der Waals surface area contributed by atoms with E-state index in [1.54, 1.807) is 26.4 Å². The molecule has 0 heterocycles. The highest BCUT2D eigenvalue weighted by molar-refractivity contribution is 5.56. The average Bonchev–Trinajstić information content (AvgIpc) is 2.49. The van der Waals surface area contributed by atoms with Crippen molar-refractivity contribution in [2.75, 3.05) is 19.5 Å². The first-order chi connectivity index (χ1) is 10.1. The fourth-order valence-electron chi connectivity index (χ4n) is 2.82. The minimum atomic E-state index is -0.384. The summed E-state index contributed by atoms with van der Waals surface area (Å²) in [5.74, 6) is 0. The normalized spacial score (nSPS) is 22.0. The van der Waals surface area contributed by atoms with E-state index in [2.05, 4.69) is 5.32 Å². The number of anilines is 1. The van der Waals surface area contributed by atoms with E-state index in [1.165, 1.54) is 6.07 Å². The van der Waals surface area contributed by atoms with E-state index >= 15 is 0 Å². The molecule has 1 N–H and O–H groups in total. The predicted molar refractivity (Wildman–Crippen MR) is 80.5 cm³/mol. The summed E-state index contributed by atoms with van der Waals surface area (Å²) in [6, 6.07) is 5.20. The summed E-state index contributed by atoms with van der Waals surface area (Å²) in [4.78, 5) is 10.5. The molecular formula is C15H22N2O4. The molecule has 1 aromatic carbocycles. The SMILES string of the molecule is COCc1cc([N+](=O)[O-])ccc1NC1CCCC(OC)C1. The van der Waals surface area contributed by atoms with Gasteiger partial charge in [-0.3, -0.25) is 10.1 Å². The predicted octanol–water partition coefficient (Wildman–Crippen LogP) is 3.11. The summed E-state index contributed by atoms with van der Waals surface area (Å²) in [5, 5.41) is 14.4. The minimum absolute atomic E-state index is 0.0889. The Morgan fingerprint density at radius 2 is 2.19 bits per heavy atom. The van der Waals surface area contributed by atoms with Crippen molar-refractivity contribution in [2.24, 2.45) is 0 Å². The zero-order valence-electron chi connectivity index (χ0n) is 12.5. The van der Waals surface area contributed by atoms with Crippen LogP contribution in [0.5, 0.6) is 0 Å². The highest BCUT2D eigenvalue weighted by Crippen LogP contribution is 2.28. The number of nitro groups is 1. The molecule has 2 unspecified atom stereocenters. The summed E-state index contributed by atoms with van der Waals surface area (Å²) in [5.41, 5.74) is 1.81. The van der Waals surface area contributed by atoms with E-state index in [-0.39, 0.29) is 10.6 Å². The second-order valence-electron chi connectivity index (χ2n) is 5.40. The number of rotatable bonds is 6. The summed E-state index contributed by atoms with van der Waals surface area (Å²) in [7, 11) is 3.33. The standard InChI is InChI=1S/C15H22N2O4/c1-20-10-11-8-13(17(18)19)6-7-15(11)16-12-4-3-5-14(9-12)21-2/h6-8,12,14,16H,3-5,9-10H2,1-2H3. The van der Waals surface area contributed by atoms with Gasteiger partial charge >= 0.3 is 0 Å². The third-order valence-corrected chi connectivity index (χ3v) is 3.92. The van der Waals surface area contributed by atoms with Gasteiger partial charge in [-0.05, 0) is 31.7 Å². The lowest BCUT2D eigenvalue weighted by molar-refractivity contribution is -0.384. The Morgan fingerprint density at radius 1 is 1.38 bits per heavy atom. The molecule has 0 radical (unpaired) electrons. The van der Waals surface area contributed by atoms with Gasteiger partial charge in [0.25, 0.3) is 5.69 Å². The van der Waals surface area contributed by atoms with Crippen LogP contribution in [0.2, 0.25) is 0 Å². The summed E-state index contributed by atoms with van der Waals surface area (Å²) >= 11 is 0. The number of benzene rings is 1. The molecule has 1 fully saturated rings. The van der Waals surface area contributed by atoms with Gasteiger partial charge in [-0.25, -0.2) is 0 Å². The molecule has 0 aromatic heterocycles. The number of hydrogen-bond acceptors (Lipinski definition) is 5. The molecule has 0 amide bonds. The third kappa shape index (κ3) is 4.15. The van der Waals surface area contributed by atoms with E-state index < -0.39 is 0 Å². The molecule has 21 heavy (non-hydrogen) atoms. The van der Waals surface area contributed by atoms with Gasteiger partial charge in [0, 0.05) is 43.6 Å². The number of nitrogens with one attached hydrogen (secondary N) is 1. The molecule has 0 spiro atoms. The van der Waals surface area contributed by atoms with Crippen LogP contribution in [-0.4, -0.2) is 31.3 Å². The molecule has 0 aliphatic heterocycles. The number of non-ortho nitro benzene ring substituents is 1. The van der Waals surface area contributed by atoms with Crippen molar-refractivity contribution >= 4 is 11.4 Å². The van der Waals surface area contributed by atoms with Crippen molar-refractivity contribution in [3.8, 4) is 0 Å². The monoisotopic (exact) mass is 294 g/mol. The number of methoxy groups -OCH3 is 2. The summed E-state index contributed by atoms with van der Waals surface area (Å²) < 4.78 is 10.6. The van der Waals surface area contributed by atoms with Gasteiger partial charge in [-0.2, -0.15) is 0 Å². The first-order valence-electron chi connectivity index (χ1n) is 7.19. The first kappa shape index (κ1) is 15.7. The van der Waals surface area contributed by atoms with Crippen molar-refractivity contribution in [2.45, 2.75) is 44.4 Å². The second kappa shape index (κ2) is 7.38. The zero-order chi connectivity index (χ0) is 15.2. The quantitative estimate of drug-likeness (QED) is 0.644. The van der Waals surface area contributed by atoms with Crippen molar-refractivity contribution in [1.82, 2.24) is 0 Å². The Morgan fingerprint density at radius 3 is 2.86 bits per heavy atom. The Labute approximate surface area is 124 Å². The molecule has 116 valence electrons. The zero-order valence-corrected chi connectivity index (χ0v) is 12.5. The Bertz CT molecular complexity index is 493. The average molecular weight is 294 g/mol. The smallest absolute Gasteiger partial charge is 0.269 e. The largest absolute Gasteiger partial charge is 0.382 e. The summed E-state index contributed by atoms with van der Waals surface area (Å²) in [6.45, 7) is 0.352. The molecule has 6 nitrogen and oxygen atoms in total. The van der Waals surface area contributed by atoms with Crippen molar-refractivity contribution in [3.05, 3.63) is 33.9 Å². The lowest BCUT2D eigenvalue weighted by Crippen LogP contribution is -2.31. The van der Waals surface area contributed by atoms with Gasteiger partial charge in [0.2, 0.25) is 0 Å². The highest BCUT2D eigenvalue weighted by atomic mass is 16.6. The molecule has 2 atom stereocenters. The topological polar surface area (TPSA) is 73.6 Å². The van der Waals surface area contributed by atoms with Gasteiger partial charge in [0.1, 0.15) is 0 Å². The summed E-state index contributed by atoms with van der Waals surface area (Å²) in [6.07, 6.45) is 4.56. The highest BCUT2D eigenvalue weighted by Gasteiger charge is 2.22. The van der Waals surface area contributed by atoms with Gasteiger partial charge in [0.05, 0.1) is 17.6 Å².